The van der Waals surface area contributed by atoms with Crippen molar-refractivity contribution >= 4 is 39.7 Å². The third-order valence-corrected chi connectivity index (χ3v) is 4.13. The quantitative estimate of drug-likeness (QED) is 0.483. The molecular formula is C18H18BrClN2O5. The Balaban J connectivity index is 1.97. The van der Waals surface area contributed by atoms with Crippen LogP contribution in [0.4, 0.5) is 0 Å². The summed E-state index contributed by atoms with van der Waals surface area (Å²) < 4.78 is 22.0. The smallest absolute Gasteiger partial charge is 0.277 e. The van der Waals surface area contributed by atoms with Gasteiger partial charge in [0.2, 0.25) is 5.75 Å². The number of carbonyl (C=O) groups excluding carboxylic acids is 1. The standard InChI is InChI=1S/C18H18BrClN2O5/c1-24-15-6-11(7-16(25-2)18(15)26-3)9-21-22-17(23)10-27-14-5-4-12(19)8-13(14)20/h4-9H,10H2,1-3H3,(H,22,23). The number of amides is 1. The van der Waals surface area contributed by atoms with Gasteiger partial charge in [0.25, 0.3) is 5.91 Å². The number of carbonyl (C=O) groups is 1. The molecule has 27 heavy (non-hydrogen) atoms. The van der Waals surface area contributed by atoms with Crippen molar-refractivity contribution in [1.29, 1.82) is 0 Å². The predicted octanol–water partition coefficient (Wildman–Crippen LogP) is 3.66. The lowest BCUT2D eigenvalue weighted by Gasteiger charge is -2.12. The van der Waals surface area contributed by atoms with Crippen LogP contribution in [0.3, 0.4) is 0 Å². The summed E-state index contributed by atoms with van der Waals surface area (Å²) in [5.41, 5.74) is 3.03. The van der Waals surface area contributed by atoms with Gasteiger partial charge in [0, 0.05) is 10.0 Å². The first kappa shape index (κ1) is 20.9. The number of benzene rings is 2. The van der Waals surface area contributed by atoms with Crippen molar-refractivity contribution in [3.05, 3.63) is 45.4 Å². The number of methoxy groups -OCH3 is 3. The van der Waals surface area contributed by atoms with Crippen molar-refractivity contribution in [2.24, 2.45) is 5.10 Å². The molecule has 7 nitrogen and oxygen atoms in total. The number of hydrogen-bond acceptors (Lipinski definition) is 6. The summed E-state index contributed by atoms with van der Waals surface area (Å²) in [5.74, 6) is 1.41. The summed E-state index contributed by atoms with van der Waals surface area (Å²) in [5, 5.41) is 4.30. The fraction of sp³-hybridized carbons (Fsp3) is 0.222. The Kier molecular flexibility index (Phi) is 7.75. The van der Waals surface area contributed by atoms with Crippen LogP contribution in [0.1, 0.15) is 5.56 Å². The highest BCUT2D eigenvalue weighted by atomic mass is 79.9. The van der Waals surface area contributed by atoms with Gasteiger partial charge in [0.15, 0.2) is 18.1 Å². The lowest BCUT2D eigenvalue weighted by Crippen LogP contribution is -2.24. The monoisotopic (exact) mass is 456 g/mol. The van der Waals surface area contributed by atoms with E-state index in [-0.39, 0.29) is 6.61 Å². The van der Waals surface area contributed by atoms with E-state index in [2.05, 4.69) is 26.5 Å². The SMILES string of the molecule is COc1cc(C=NNC(=O)COc2ccc(Br)cc2Cl)cc(OC)c1OC. The molecular weight excluding hydrogens is 440 g/mol. The van der Waals surface area contributed by atoms with Gasteiger partial charge >= 0.3 is 0 Å². The highest BCUT2D eigenvalue weighted by Crippen LogP contribution is 2.37. The van der Waals surface area contributed by atoms with Crippen LogP contribution in [-0.4, -0.2) is 40.1 Å². The molecule has 0 spiro atoms. The Morgan fingerprint density at radius 2 is 1.78 bits per heavy atom. The van der Waals surface area contributed by atoms with E-state index < -0.39 is 5.91 Å². The Labute approximate surface area is 170 Å². The van der Waals surface area contributed by atoms with E-state index in [1.54, 1.807) is 30.3 Å². The van der Waals surface area contributed by atoms with E-state index in [1.807, 2.05) is 0 Å². The van der Waals surface area contributed by atoms with Gasteiger partial charge in [0.1, 0.15) is 5.75 Å². The molecule has 9 heteroatoms. The molecule has 0 fully saturated rings. The minimum Gasteiger partial charge on any atom is -0.493 e. The zero-order valence-corrected chi connectivity index (χ0v) is 17.3. The van der Waals surface area contributed by atoms with Crippen LogP contribution in [0.5, 0.6) is 23.0 Å². The van der Waals surface area contributed by atoms with Gasteiger partial charge in [-0.05, 0) is 30.3 Å². The molecule has 0 aliphatic rings. The molecule has 2 aromatic rings. The second-order valence-corrected chi connectivity index (χ2v) is 6.44. The van der Waals surface area contributed by atoms with Crippen molar-refractivity contribution in [2.45, 2.75) is 0 Å². The van der Waals surface area contributed by atoms with Gasteiger partial charge in [0.05, 0.1) is 32.6 Å². The molecule has 2 aromatic carbocycles. The average Bonchev–Trinajstić information content (AvgIpc) is 2.66. The Bertz CT molecular complexity index is 819. The molecule has 0 heterocycles. The zero-order valence-electron chi connectivity index (χ0n) is 14.9. The lowest BCUT2D eigenvalue weighted by atomic mass is 10.2. The van der Waals surface area contributed by atoms with Crippen molar-refractivity contribution in [3.63, 3.8) is 0 Å². The van der Waals surface area contributed by atoms with E-state index in [0.29, 0.717) is 33.6 Å². The predicted molar refractivity (Wildman–Crippen MR) is 106 cm³/mol. The molecule has 0 aliphatic carbocycles. The Hall–Kier alpha value is -2.45. The van der Waals surface area contributed by atoms with Crippen LogP contribution < -0.4 is 24.4 Å². The van der Waals surface area contributed by atoms with Gasteiger partial charge < -0.3 is 18.9 Å². The molecule has 0 bridgehead atoms. The summed E-state index contributed by atoms with van der Waals surface area (Å²) in [7, 11) is 4.56. The first-order valence-electron chi connectivity index (χ1n) is 7.68. The molecule has 0 unspecified atom stereocenters. The second kappa shape index (κ2) is 10.0. The van der Waals surface area contributed by atoms with Gasteiger partial charge in [-0.1, -0.05) is 27.5 Å². The van der Waals surface area contributed by atoms with E-state index in [1.165, 1.54) is 27.5 Å². The summed E-state index contributed by atoms with van der Waals surface area (Å²) in [6.07, 6.45) is 1.45. The van der Waals surface area contributed by atoms with E-state index >= 15 is 0 Å². The largest absolute Gasteiger partial charge is 0.493 e. The molecule has 2 rings (SSSR count). The normalized spacial score (nSPS) is 10.6. The topological polar surface area (TPSA) is 78.4 Å². The number of hydrazone groups is 1. The Morgan fingerprint density at radius 3 is 2.33 bits per heavy atom. The average molecular weight is 458 g/mol. The second-order valence-electron chi connectivity index (χ2n) is 5.12. The molecule has 0 saturated carbocycles. The molecule has 1 amide bonds. The van der Waals surface area contributed by atoms with Crippen LogP contribution in [0.25, 0.3) is 0 Å². The number of nitrogens with one attached hydrogen (secondary N) is 1. The van der Waals surface area contributed by atoms with Crippen LogP contribution in [0.2, 0.25) is 5.02 Å². The maximum atomic E-state index is 11.9. The molecule has 144 valence electrons. The number of nitrogens with zero attached hydrogens (tertiary/aromatic N) is 1. The van der Waals surface area contributed by atoms with E-state index in [0.717, 1.165) is 4.47 Å². The molecule has 0 aliphatic heterocycles. The highest BCUT2D eigenvalue weighted by Gasteiger charge is 2.12. The molecule has 0 atom stereocenters. The van der Waals surface area contributed by atoms with Crippen molar-refractivity contribution in [2.75, 3.05) is 27.9 Å². The third kappa shape index (κ3) is 5.77. The van der Waals surface area contributed by atoms with Gasteiger partial charge in [-0.15, -0.1) is 0 Å². The van der Waals surface area contributed by atoms with Gasteiger partial charge in [-0.25, -0.2) is 5.43 Å². The maximum Gasteiger partial charge on any atom is 0.277 e. The zero-order chi connectivity index (χ0) is 19.8. The molecule has 0 saturated heterocycles. The highest BCUT2D eigenvalue weighted by molar-refractivity contribution is 9.10. The van der Waals surface area contributed by atoms with Crippen molar-refractivity contribution in [3.8, 4) is 23.0 Å². The summed E-state index contributed by atoms with van der Waals surface area (Å²) in [6, 6.07) is 8.52. The van der Waals surface area contributed by atoms with Crippen molar-refractivity contribution < 1.29 is 23.7 Å². The number of halogens is 2. The summed E-state index contributed by atoms with van der Waals surface area (Å²) >= 11 is 9.33. The third-order valence-electron chi connectivity index (χ3n) is 3.34. The summed E-state index contributed by atoms with van der Waals surface area (Å²) in [6.45, 7) is -0.228. The molecule has 0 radical (unpaired) electrons. The minimum absolute atomic E-state index is 0.228. The molecule has 0 aromatic heterocycles. The van der Waals surface area contributed by atoms with Crippen molar-refractivity contribution in [1.82, 2.24) is 5.43 Å². The van der Waals surface area contributed by atoms with Crippen LogP contribution in [0.15, 0.2) is 39.9 Å². The maximum absolute atomic E-state index is 11.9. The van der Waals surface area contributed by atoms with Crippen LogP contribution in [-0.2, 0) is 4.79 Å². The van der Waals surface area contributed by atoms with Crippen LogP contribution >= 0.6 is 27.5 Å². The molecule has 1 N–H and O–H groups in total. The van der Waals surface area contributed by atoms with E-state index in [9.17, 15) is 4.79 Å². The summed E-state index contributed by atoms with van der Waals surface area (Å²) in [4.78, 5) is 11.9. The first-order valence-corrected chi connectivity index (χ1v) is 8.85. The lowest BCUT2D eigenvalue weighted by molar-refractivity contribution is -0.123. The van der Waals surface area contributed by atoms with Gasteiger partial charge in [-0.2, -0.15) is 5.10 Å². The first-order chi connectivity index (χ1) is 13.0. The fourth-order valence-electron chi connectivity index (χ4n) is 2.12. The number of rotatable bonds is 8. The van der Waals surface area contributed by atoms with Crippen LogP contribution in [0, 0.1) is 0 Å². The van der Waals surface area contributed by atoms with Gasteiger partial charge in [-0.3, -0.25) is 4.79 Å². The number of hydrogen-bond donors (Lipinski definition) is 1. The number of ether oxygens (including phenoxy) is 4. The van der Waals surface area contributed by atoms with E-state index in [4.69, 9.17) is 30.5 Å². The minimum atomic E-state index is -0.433. The Morgan fingerprint density at radius 1 is 1.11 bits per heavy atom. The fourth-order valence-corrected chi connectivity index (χ4v) is 2.85.